The van der Waals surface area contributed by atoms with Crippen LogP contribution in [-0.2, 0) is 9.59 Å². The van der Waals surface area contributed by atoms with E-state index in [2.05, 4.69) is 25.5 Å². The number of halogens is 6. The number of anilines is 1. The highest BCUT2D eigenvalue weighted by Gasteiger charge is 2.44. The molecule has 5 rings (SSSR count). The van der Waals surface area contributed by atoms with Crippen LogP contribution in [0.2, 0.25) is 5.02 Å². The number of hydrogen-bond donors (Lipinski definition) is 3. The molecule has 1 unspecified atom stereocenters. The van der Waals surface area contributed by atoms with Crippen molar-refractivity contribution in [1.82, 2.24) is 24.6 Å². The third kappa shape index (κ3) is 4.55. The zero-order chi connectivity index (χ0) is 26.4. The van der Waals surface area contributed by atoms with E-state index in [0.29, 0.717) is 5.65 Å². The molecule has 1 saturated carbocycles. The molecule has 3 aromatic heterocycles. The second kappa shape index (κ2) is 9.33. The highest BCUT2D eigenvalue weighted by atomic mass is 35.5. The SMILES string of the molecule is CC(c1c(F)c(Cl)c(-c2cn3cc(NC(=O)[C@@H]4C[C@@H]4F)nc3cn2)c2cn[nH]c12)C(F)(F)F.O=CO. The smallest absolute Gasteiger partial charge is 0.395 e. The van der Waals surface area contributed by atoms with Gasteiger partial charge in [-0.3, -0.25) is 19.7 Å². The van der Waals surface area contributed by atoms with Crippen LogP contribution in [-0.4, -0.2) is 54.4 Å². The van der Waals surface area contributed by atoms with Gasteiger partial charge in [0, 0.05) is 22.7 Å². The van der Waals surface area contributed by atoms with Crippen LogP contribution in [0, 0.1) is 11.7 Å². The topological polar surface area (TPSA) is 125 Å². The van der Waals surface area contributed by atoms with Crippen molar-refractivity contribution in [3.05, 3.63) is 41.2 Å². The van der Waals surface area contributed by atoms with Crippen molar-refractivity contribution in [2.75, 3.05) is 5.32 Å². The number of rotatable bonds is 4. The fourth-order valence-electron chi connectivity index (χ4n) is 3.70. The first kappa shape index (κ1) is 25.3. The molecule has 0 bridgehead atoms. The summed E-state index contributed by atoms with van der Waals surface area (Å²) in [5.41, 5.74) is -0.254. The summed E-state index contributed by atoms with van der Waals surface area (Å²) < 4.78 is 69.6. The minimum atomic E-state index is -4.69. The Bertz CT molecular complexity index is 1470. The van der Waals surface area contributed by atoms with Gasteiger partial charge < -0.3 is 14.8 Å². The largest absolute Gasteiger partial charge is 0.483 e. The molecule has 9 nitrogen and oxygen atoms in total. The Balaban J connectivity index is 0.000000967. The number of H-pyrrole nitrogens is 1. The maximum Gasteiger partial charge on any atom is 0.395 e. The third-order valence-electron chi connectivity index (χ3n) is 5.65. The van der Waals surface area contributed by atoms with E-state index in [4.69, 9.17) is 21.5 Å². The van der Waals surface area contributed by atoms with Crippen LogP contribution < -0.4 is 5.32 Å². The second-order valence-corrected chi connectivity index (χ2v) is 8.33. The zero-order valence-electron chi connectivity index (χ0n) is 18.1. The lowest BCUT2D eigenvalue weighted by atomic mass is 9.94. The summed E-state index contributed by atoms with van der Waals surface area (Å²) in [6.07, 6.45) is -0.228. The number of alkyl halides is 4. The Kier molecular flexibility index (Phi) is 6.56. The first-order valence-electron chi connectivity index (χ1n) is 10.3. The maximum absolute atomic E-state index is 15.1. The minimum absolute atomic E-state index is 0.0514. The number of carbonyl (C=O) groups is 2. The lowest BCUT2D eigenvalue weighted by Crippen LogP contribution is -2.19. The summed E-state index contributed by atoms with van der Waals surface area (Å²) in [5, 5.41) is 15.2. The molecular formula is C21H16ClF5N6O3. The van der Waals surface area contributed by atoms with Crippen LogP contribution in [0.4, 0.5) is 27.8 Å². The highest BCUT2D eigenvalue weighted by Crippen LogP contribution is 2.44. The number of carboxylic acid groups (broad SMARTS) is 1. The monoisotopic (exact) mass is 530 g/mol. The molecule has 36 heavy (non-hydrogen) atoms. The number of amides is 1. The number of carbonyl (C=O) groups excluding carboxylic acids is 1. The number of hydrogen-bond acceptors (Lipinski definition) is 5. The van der Waals surface area contributed by atoms with E-state index in [1.807, 2.05) is 0 Å². The number of nitrogens with zero attached hydrogens (tertiary/aromatic N) is 4. The summed E-state index contributed by atoms with van der Waals surface area (Å²) in [4.78, 5) is 28.7. The van der Waals surface area contributed by atoms with Crippen LogP contribution in [0.1, 0.15) is 24.8 Å². The molecule has 3 atom stereocenters. The van der Waals surface area contributed by atoms with E-state index < -0.39 is 46.5 Å². The van der Waals surface area contributed by atoms with Crippen molar-refractivity contribution in [3.63, 3.8) is 0 Å². The number of nitrogens with one attached hydrogen (secondary N) is 2. The quantitative estimate of drug-likeness (QED) is 0.259. The second-order valence-electron chi connectivity index (χ2n) is 7.96. The standard InChI is InChI=1S/C20H14ClF5N6O.CH2O2/c1-7(20(24,25)26)14-17(23)16(21)15(9-3-28-31-18(9)14)11-5-32-6-12(29-13(32)4-27-11)30-19(33)8-2-10(8)22;2-1-3/h3-8,10H,2H2,1H3,(H,28,31)(H,30,33);1H,(H,2,3)/t7?,8-,10+;/m1./s1. The minimum Gasteiger partial charge on any atom is -0.483 e. The average molecular weight is 531 g/mol. The Labute approximate surface area is 203 Å². The van der Waals surface area contributed by atoms with E-state index in [1.54, 1.807) is 0 Å². The molecule has 0 saturated heterocycles. The molecule has 15 heteroatoms. The summed E-state index contributed by atoms with van der Waals surface area (Å²) in [7, 11) is 0. The number of benzene rings is 1. The average Bonchev–Trinajstić information content (AvgIpc) is 3.17. The van der Waals surface area contributed by atoms with Gasteiger partial charge in [0.05, 0.1) is 46.7 Å². The molecule has 1 aliphatic carbocycles. The molecule has 1 aromatic carbocycles. The first-order valence-corrected chi connectivity index (χ1v) is 10.6. The fraction of sp³-hybridized carbons (Fsp3) is 0.286. The van der Waals surface area contributed by atoms with Crippen molar-refractivity contribution in [2.24, 2.45) is 5.92 Å². The van der Waals surface area contributed by atoms with E-state index in [1.165, 1.54) is 29.2 Å². The lowest BCUT2D eigenvalue weighted by Gasteiger charge is -2.19. The fourth-order valence-corrected chi connectivity index (χ4v) is 4.00. The van der Waals surface area contributed by atoms with Crippen molar-refractivity contribution >= 4 is 46.3 Å². The zero-order valence-corrected chi connectivity index (χ0v) is 18.9. The highest BCUT2D eigenvalue weighted by molar-refractivity contribution is 6.35. The van der Waals surface area contributed by atoms with Gasteiger partial charge in [-0.1, -0.05) is 11.6 Å². The van der Waals surface area contributed by atoms with Crippen LogP contribution in [0.3, 0.4) is 0 Å². The molecule has 0 aliphatic heterocycles. The van der Waals surface area contributed by atoms with Gasteiger partial charge >= 0.3 is 6.18 Å². The Morgan fingerprint density at radius 1 is 1.36 bits per heavy atom. The van der Waals surface area contributed by atoms with Crippen molar-refractivity contribution < 1.29 is 36.6 Å². The van der Waals surface area contributed by atoms with E-state index in [0.717, 1.165) is 6.92 Å². The van der Waals surface area contributed by atoms with Gasteiger partial charge in [-0.15, -0.1) is 0 Å². The van der Waals surface area contributed by atoms with Crippen molar-refractivity contribution in [2.45, 2.75) is 31.6 Å². The summed E-state index contributed by atoms with van der Waals surface area (Å²) >= 11 is 6.20. The lowest BCUT2D eigenvalue weighted by molar-refractivity contribution is -0.146. The van der Waals surface area contributed by atoms with Gasteiger partial charge in [0.1, 0.15) is 12.0 Å². The molecule has 3 N–H and O–H groups in total. The van der Waals surface area contributed by atoms with Crippen LogP contribution >= 0.6 is 11.6 Å². The maximum atomic E-state index is 15.1. The van der Waals surface area contributed by atoms with Crippen LogP contribution in [0.15, 0.2) is 24.8 Å². The van der Waals surface area contributed by atoms with Gasteiger partial charge in [0.25, 0.3) is 6.47 Å². The molecule has 0 radical (unpaired) electrons. The number of aromatic nitrogens is 5. The number of fused-ring (bicyclic) bond motifs is 2. The number of aromatic amines is 1. The summed E-state index contributed by atoms with van der Waals surface area (Å²) in [6.45, 7) is 0.590. The molecular weight excluding hydrogens is 515 g/mol. The summed E-state index contributed by atoms with van der Waals surface area (Å²) in [5.74, 6) is -4.37. The van der Waals surface area contributed by atoms with E-state index in [-0.39, 0.29) is 40.9 Å². The van der Waals surface area contributed by atoms with E-state index >= 15 is 4.39 Å². The van der Waals surface area contributed by atoms with Crippen LogP contribution in [0.25, 0.3) is 27.8 Å². The molecule has 190 valence electrons. The Hall–Kier alpha value is -3.81. The predicted molar refractivity (Wildman–Crippen MR) is 118 cm³/mol. The van der Waals surface area contributed by atoms with Gasteiger partial charge in [-0.25, -0.2) is 13.8 Å². The van der Waals surface area contributed by atoms with Gasteiger partial charge in [0.15, 0.2) is 11.5 Å². The Morgan fingerprint density at radius 2 is 2.03 bits per heavy atom. The van der Waals surface area contributed by atoms with Gasteiger partial charge in [-0.2, -0.15) is 18.3 Å². The summed E-state index contributed by atoms with van der Waals surface area (Å²) in [6, 6.07) is 0. The first-order chi connectivity index (χ1) is 17.0. The third-order valence-corrected chi connectivity index (χ3v) is 6.00. The van der Waals surface area contributed by atoms with E-state index in [9.17, 15) is 22.4 Å². The van der Waals surface area contributed by atoms with Gasteiger partial charge in [-0.05, 0) is 13.3 Å². The molecule has 1 fully saturated rings. The molecule has 3 heterocycles. The van der Waals surface area contributed by atoms with Crippen molar-refractivity contribution in [1.29, 1.82) is 0 Å². The molecule has 4 aromatic rings. The predicted octanol–water partition coefficient (Wildman–Crippen LogP) is 4.73. The molecule has 1 aliphatic rings. The van der Waals surface area contributed by atoms with Gasteiger partial charge in [0.2, 0.25) is 5.91 Å². The Morgan fingerprint density at radius 3 is 2.64 bits per heavy atom. The normalized spacial score (nSPS) is 18.0. The molecule has 0 spiro atoms. The van der Waals surface area contributed by atoms with Crippen molar-refractivity contribution in [3.8, 4) is 11.3 Å². The van der Waals surface area contributed by atoms with Crippen LogP contribution in [0.5, 0.6) is 0 Å². The number of imidazole rings is 1. The molecule has 1 amide bonds.